The number of aromatic nitrogens is 2. The molecule has 0 saturated carbocycles. The molecule has 2 aromatic heterocycles. The number of benzene rings is 1. The molecular weight excluding hydrogens is 289 g/mol. The summed E-state index contributed by atoms with van der Waals surface area (Å²) in [5, 5.41) is 3.29. The van der Waals surface area contributed by atoms with Crippen molar-refractivity contribution in [1.29, 1.82) is 0 Å². The average molecular weight is 305 g/mol. The van der Waals surface area contributed by atoms with E-state index in [0.29, 0.717) is 6.54 Å². The topological polar surface area (TPSA) is 38.6 Å². The van der Waals surface area contributed by atoms with Gasteiger partial charge in [0.15, 0.2) is 16.5 Å². The van der Waals surface area contributed by atoms with Gasteiger partial charge in [-0.1, -0.05) is 0 Å². The minimum absolute atomic E-state index is 0.238. The fourth-order valence-corrected chi connectivity index (χ4v) is 3.17. The van der Waals surface area contributed by atoms with Crippen molar-refractivity contribution in [3.8, 4) is 5.75 Å². The summed E-state index contributed by atoms with van der Waals surface area (Å²) in [7, 11) is 1.46. The van der Waals surface area contributed by atoms with E-state index in [4.69, 9.17) is 4.74 Å². The van der Waals surface area contributed by atoms with Crippen LogP contribution in [0.3, 0.4) is 0 Å². The molecule has 1 N–H and O–H groups in total. The zero-order chi connectivity index (χ0) is 15.0. The number of thiazole rings is 1. The fourth-order valence-electron chi connectivity index (χ4n) is 2.28. The molecule has 1 aromatic carbocycles. The third kappa shape index (κ3) is 2.58. The van der Waals surface area contributed by atoms with E-state index in [0.717, 1.165) is 22.0 Å². The zero-order valence-corrected chi connectivity index (χ0v) is 12.9. The van der Waals surface area contributed by atoms with Crippen LogP contribution in [-0.4, -0.2) is 16.5 Å². The Morgan fingerprint density at radius 1 is 1.38 bits per heavy atom. The summed E-state index contributed by atoms with van der Waals surface area (Å²) in [6.45, 7) is 4.69. The molecule has 0 aliphatic rings. The van der Waals surface area contributed by atoms with Crippen LogP contribution in [0.1, 0.15) is 16.3 Å². The first-order chi connectivity index (χ1) is 10.1. The molecule has 0 atom stereocenters. The lowest BCUT2D eigenvalue weighted by Crippen LogP contribution is -2.04. The molecule has 0 unspecified atom stereocenters. The highest BCUT2D eigenvalue weighted by Crippen LogP contribution is 2.24. The van der Waals surface area contributed by atoms with Gasteiger partial charge in [-0.05, 0) is 26.0 Å². The van der Waals surface area contributed by atoms with Crippen LogP contribution in [0.4, 0.5) is 10.1 Å². The second-order valence-electron chi connectivity index (χ2n) is 4.84. The van der Waals surface area contributed by atoms with E-state index in [1.165, 1.54) is 18.1 Å². The van der Waals surface area contributed by atoms with E-state index in [1.54, 1.807) is 23.5 Å². The van der Waals surface area contributed by atoms with Crippen LogP contribution >= 0.6 is 11.3 Å². The number of fused-ring (bicyclic) bond motifs is 1. The van der Waals surface area contributed by atoms with Gasteiger partial charge in [-0.15, -0.1) is 11.3 Å². The first-order valence-electron chi connectivity index (χ1n) is 6.60. The van der Waals surface area contributed by atoms with Crippen LogP contribution in [0.5, 0.6) is 5.75 Å². The molecule has 0 radical (unpaired) electrons. The van der Waals surface area contributed by atoms with E-state index < -0.39 is 0 Å². The highest BCUT2D eigenvalue weighted by Gasteiger charge is 2.11. The van der Waals surface area contributed by atoms with Crippen molar-refractivity contribution in [3.63, 3.8) is 0 Å². The largest absolute Gasteiger partial charge is 0.494 e. The first-order valence-corrected chi connectivity index (χ1v) is 7.41. The number of nitrogens with one attached hydrogen (secondary N) is 1. The predicted molar refractivity (Wildman–Crippen MR) is 82.8 cm³/mol. The molecule has 3 aromatic rings. The summed E-state index contributed by atoms with van der Waals surface area (Å²) in [5.74, 6) is -0.124. The van der Waals surface area contributed by atoms with Gasteiger partial charge >= 0.3 is 0 Å². The summed E-state index contributed by atoms with van der Waals surface area (Å²) in [6.07, 6.45) is 2.09. The van der Waals surface area contributed by atoms with Crippen molar-refractivity contribution < 1.29 is 9.13 Å². The molecule has 0 fully saturated rings. The molecule has 3 rings (SSSR count). The minimum Gasteiger partial charge on any atom is -0.494 e. The van der Waals surface area contributed by atoms with Crippen LogP contribution in [0.15, 0.2) is 24.4 Å². The number of hydrogen-bond donors (Lipinski definition) is 1. The molecule has 0 aliphatic carbocycles. The molecule has 0 bridgehead atoms. The van der Waals surface area contributed by atoms with Gasteiger partial charge in [-0.2, -0.15) is 0 Å². The Hall–Kier alpha value is -2.08. The highest BCUT2D eigenvalue weighted by atomic mass is 32.1. The minimum atomic E-state index is -0.362. The van der Waals surface area contributed by atoms with Crippen molar-refractivity contribution >= 4 is 22.0 Å². The summed E-state index contributed by atoms with van der Waals surface area (Å²) in [5.41, 5.74) is 2.93. The van der Waals surface area contributed by atoms with E-state index in [1.807, 2.05) is 6.92 Å². The Kier molecular flexibility index (Phi) is 3.55. The lowest BCUT2D eigenvalue weighted by atomic mass is 10.2. The maximum absolute atomic E-state index is 13.4. The third-order valence-electron chi connectivity index (χ3n) is 3.35. The zero-order valence-electron chi connectivity index (χ0n) is 12.1. The van der Waals surface area contributed by atoms with Crippen molar-refractivity contribution in [1.82, 2.24) is 9.38 Å². The predicted octanol–water partition coefficient (Wildman–Crippen LogP) is 3.77. The van der Waals surface area contributed by atoms with E-state index in [9.17, 15) is 4.39 Å². The fraction of sp³-hybridized carbons (Fsp3) is 0.267. The number of halogens is 1. The first kappa shape index (κ1) is 13.9. The highest BCUT2D eigenvalue weighted by molar-refractivity contribution is 7.17. The van der Waals surface area contributed by atoms with Gasteiger partial charge in [0.25, 0.3) is 0 Å². The number of rotatable bonds is 4. The van der Waals surface area contributed by atoms with Gasteiger partial charge < -0.3 is 10.1 Å². The Balaban J connectivity index is 1.84. The molecule has 4 nitrogen and oxygen atoms in total. The van der Waals surface area contributed by atoms with Crippen molar-refractivity contribution in [2.75, 3.05) is 12.4 Å². The normalized spacial score (nSPS) is 11.0. The number of nitrogens with zero attached hydrogens (tertiary/aromatic N) is 2. The Labute approximate surface area is 126 Å². The third-order valence-corrected chi connectivity index (χ3v) is 4.25. The van der Waals surface area contributed by atoms with Gasteiger partial charge in [-0.25, -0.2) is 9.37 Å². The SMILES string of the molecule is COc1cc(NCc2c(C)nc3sc(C)cn23)ccc1F. The van der Waals surface area contributed by atoms with Crippen LogP contribution in [0, 0.1) is 19.7 Å². The number of anilines is 1. The molecule has 0 amide bonds. The van der Waals surface area contributed by atoms with Gasteiger partial charge in [0.05, 0.1) is 25.0 Å². The Morgan fingerprint density at radius 2 is 2.19 bits per heavy atom. The number of imidazole rings is 1. The van der Waals surface area contributed by atoms with Crippen molar-refractivity contribution in [2.24, 2.45) is 0 Å². The molecular formula is C15H16FN3OS. The molecule has 21 heavy (non-hydrogen) atoms. The molecule has 0 spiro atoms. The van der Waals surface area contributed by atoms with E-state index >= 15 is 0 Å². The molecule has 0 saturated heterocycles. The van der Waals surface area contributed by atoms with Crippen LogP contribution < -0.4 is 10.1 Å². The summed E-state index contributed by atoms with van der Waals surface area (Å²) >= 11 is 1.67. The maximum atomic E-state index is 13.4. The lowest BCUT2D eigenvalue weighted by Gasteiger charge is -2.09. The summed E-state index contributed by atoms with van der Waals surface area (Å²) in [6, 6.07) is 4.75. The number of hydrogen-bond acceptors (Lipinski definition) is 4. The molecule has 2 heterocycles. The van der Waals surface area contributed by atoms with Crippen LogP contribution in [0.25, 0.3) is 4.96 Å². The molecule has 110 valence electrons. The van der Waals surface area contributed by atoms with Gasteiger partial charge in [0.2, 0.25) is 0 Å². The summed E-state index contributed by atoms with van der Waals surface area (Å²) < 4.78 is 20.5. The lowest BCUT2D eigenvalue weighted by molar-refractivity contribution is 0.387. The second kappa shape index (κ2) is 5.37. The van der Waals surface area contributed by atoms with Gasteiger partial charge in [0.1, 0.15) is 0 Å². The number of aryl methyl sites for hydroxylation is 2. The Bertz CT molecular complexity index is 794. The maximum Gasteiger partial charge on any atom is 0.194 e. The average Bonchev–Trinajstić information content (AvgIpc) is 2.93. The molecule has 0 aliphatic heterocycles. The smallest absolute Gasteiger partial charge is 0.194 e. The van der Waals surface area contributed by atoms with Crippen molar-refractivity contribution in [3.05, 3.63) is 46.5 Å². The van der Waals surface area contributed by atoms with Gasteiger partial charge in [-0.3, -0.25) is 4.40 Å². The Morgan fingerprint density at radius 3 is 2.95 bits per heavy atom. The van der Waals surface area contributed by atoms with Crippen LogP contribution in [-0.2, 0) is 6.54 Å². The number of methoxy groups -OCH3 is 1. The quantitative estimate of drug-likeness (QED) is 0.797. The van der Waals surface area contributed by atoms with E-state index in [2.05, 4.69) is 27.8 Å². The monoisotopic (exact) mass is 305 g/mol. The second-order valence-corrected chi connectivity index (χ2v) is 6.05. The van der Waals surface area contributed by atoms with Gasteiger partial charge in [0, 0.05) is 22.8 Å². The molecule has 6 heteroatoms. The van der Waals surface area contributed by atoms with Crippen LogP contribution in [0.2, 0.25) is 0 Å². The number of ether oxygens (including phenoxy) is 1. The van der Waals surface area contributed by atoms with E-state index in [-0.39, 0.29) is 11.6 Å². The summed E-state index contributed by atoms with van der Waals surface area (Å²) in [4.78, 5) is 6.77. The van der Waals surface area contributed by atoms with Crippen molar-refractivity contribution in [2.45, 2.75) is 20.4 Å². The standard InChI is InChI=1S/C15H16FN3OS/c1-9-8-19-13(10(2)18-15(19)21-9)7-17-11-4-5-12(16)14(6-11)20-3/h4-6,8,17H,7H2,1-3H3.